The zero-order valence-corrected chi connectivity index (χ0v) is 26.4. The van der Waals surface area contributed by atoms with Gasteiger partial charge in [0.2, 0.25) is 0 Å². The summed E-state index contributed by atoms with van der Waals surface area (Å²) in [5, 5.41) is 16.5. The molecule has 9 aromatic carbocycles. The van der Waals surface area contributed by atoms with Gasteiger partial charge in [-0.25, -0.2) is 0 Å². The number of rotatable bonds is 3. The molecule has 1 aromatic heterocycles. The van der Waals surface area contributed by atoms with Crippen molar-refractivity contribution in [2.45, 2.75) is 0 Å². The molecule has 0 aliphatic heterocycles. The summed E-state index contributed by atoms with van der Waals surface area (Å²) in [4.78, 5) is 0. The van der Waals surface area contributed by atoms with Gasteiger partial charge >= 0.3 is 0 Å². The predicted octanol–water partition coefficient (Wildman–Crippen LogP) is 13.7. The lowest BCUT2D eigenvalue weighted by Crippen LogP contribution is -1.93. The van der Waals surface area contributed by atoms with E-state index in [9.17, 15) is 0 Å². The normalized spacial score (nSPS) is 11.8. The van der Waals surface area contributed by atoms with E-state index in [1.54, 1.807) is 0 Å². The van der Waals surface area contributed by atoms with Crippen molar-refractivity contribution in [2.75, 3.05) is 0 Å². The Balaban J connectivity index is 1.36. The van der Waals surface area contributed by atoms with Crippen LogP contribution < -0.4 is 0 Å². The van der Waals surface area contributed by atoms with Crippen molar-refractivity contribution in [3.05, 3.63) is 169 Å². The van der Waals surface area contributed by atoms with Crippen molar-refractivity contribution in [3.63, 3.8) is 0 Å². The summed E-state index contributed by atoms with van der Waals surface area (Å²) < 4.78 is 1.34. The van der Waals surface area contributed by atoms with Gasteiger partial charge in [-0.15, -0.1) is 11.3 Å². The first-order valence-electron chi connectivity index (χ1n) is 16.2. The van der Waals surface area contributed by atoms with Gasteiger partial charge in [-0.1, -0.05) is 152 Å². The Hall–Kier alpha value is -5.76. The quantitative estimate of drug-likeness (QED) is 0.138. The molecule has 0 fully saturated rings. The third-order valence-corrected chi connectivity index (χ3v) is 10.9. The van der Waals surface area contributed by atoms with Crippen LogP contribution in [0.2, 0.25) is 0 Å². The highest BCUT2D eigenvalue weighted by Gasteiger charge is 2.21. The molecule has 0 aliphatic carbocycles. The first-order chi connectivity index (χ1) is 23.3. The second kappa shape index (κ2) is 10.4. The molecule has 0 nitrogen and oxygen atoms in total. The summed E-state index contributed by atoms with van der Waals surface area (Å²) in [6, 6.07) is 60.5. The van der Waals surface area contributed by atoms with Gasteiger partial charge in [-0.2, -0.15) is 0 Å². The maximum absolute atomic E-state index is 2.41. The van der Waals surface area contributed by atoms with Crippen molar-refractivity contribution < 1.29 is 0 Å². The van der Waals surface area contributed by atoms with Crippen LogP contribution >= 0.6 is 11.3 Å². The van der Waals surface area contributed by atoms with Crippen LogP contribution in [0.25, 0.3) is 97.3 Å². The molecular weight excluding hydrogens is 585 g/mol. The molecule has 1 heterocycles. The molecule has 0 saturated heterocycles. The first kappa shape index (κ1) is 26.5. The molecule has 47 heavy (non-hydrogen) atoms. The van der Waals surface area contributed by atoms with Gasteiger partial charge in [-0.3, -0.25) is 0 Å². The number of fused-ring (bicyclic) bond motifs is 8. The Morgan fingerprint density at radius 3 is 1.70 bits per heavy atom. The molecule has 1 heteroatoms. The summed E-state index contributed by atoms with van der Waals surface area (Å²) in [5.74, 6) is 0. The fourth-order valence-corrected chi connectivity index (χ4v) is 8.80. The highest BCUT2D eigenvalue weighted by atomic mass is 32.1. The molecule has 0 atom stereocenters. The van der Waals surface area contributed by atoms with Gasteiger partial charge in [0.1, 0.15) is 0 Å². The summed E-state index contributed by atoms with van der Waals surface area (Å²) in [7, 11) is 0. The summed E-state index contributed by atoms with van der Waals surface area (Å²) in [5.41, 5.74) is 7.62. The van der Waals surface area contributed by atoms with E-state index < -0.39 is 0 Å². The molecule has 0 spiro atoms. The smallest absolute Gasteiger partial charge is 0.0427 e. The maximum Gasteiger partial charge on any atom is 0.0427 e. The zero-order chi connectivity index (χ0) is 30.9. The third-order valence-electron chi connectivity index (χ3n) is 9.90. The van der Waals surface area contributed by atoms with Crippen molar-refractivity contribution in [3.8, 4) is 33.4 Å². The first-order valence-corrected chi connectivity index (χ1v) is 17.0. The lowest BCUT2D eigenvalue weighted by atomic mass is 9.83. The molecule has 0 amide bonds. The Kier molecular flexibility index (Phi) is 5.85. The predicted molar refractivity (Wildman–Crippen MR) is 206 cm³/mol. The molecule has 0 aliphatic rings. The molecule has 0 unspecified atom stereocenters. The fourth-order valence-electron chi connectivity index (χ4n) is 7.71. The van der Waals surface area contributed by atoms with E-state index in [4.69, 9.17) is 0 Å². The maximum atomic E-state index is 2.41. The van der Waals surface area contributed by atoms with Crippen LogP contribution in [0.1, 0.15) is 0 Å². The molecule has 0 bridgehead atoms. The second-order valence-electron chi connectivity index (χ2n) is 12.5. The second-order valence-corrected chi connectivity index (χ2v) is 13.3. The van der Waals surface area contributed by atoms with E-state index in [1.807, 2.05) is 11.3 Å². The van der Waals surface area contributed by atoms with Crippen LogP contribution in [0.3, 0.4) is 0 Å². The van der Waals surface area contributed by atoms with Gasteiger partial charge in [0.05, 0.1) is 0 Å². The highest BCUT2D eigenvalue weighted by Crippen LogP contribution is 2.49. The number of thiophene rings is 1. The monoisotopic (exact) mass is 612 g/mol. The van der Waals surface area contributed by atoms with E-state index in [-0.39, 0.29) is 0 Å². The molecule has 0 N–H and O–H groups in total. The SMILES string of the molecule is c1ccc(-c2ccc3ccccc3c2-c2ccc3cc4ccccc4cc3c2-c2csc3c2ccc2c4ccccc4ccc23)cc1. The highest BCUT2D eigenvalue weighted by molar-refractivity contribution is 7.18. The number of hydrogen-bond acceptors (Lipinski definition) is 1. The minimum absolute atomic E-state index is 1.23. The lowest BCUT2D eigenvalue weighted by molar-refractivity contribution is 1.62. The van der Waals surface area contributed by atoms with Crippen LogP contribution in [0, 0.1) is 0 Å². The van der Waals surface area contributed by atoms with E-state index in [1.165, 1.54) is 97.3 Å². The Labute approximate surface area is 276 Å². The van der Waals surface area contributed by atoms with Crippen LogP contribution in [0.5, 0.6) is 0 Å². The van der Waals surface area contributed by atoms with E-state index in [0.717, 1.165) is 0 Å². The summed E-state index contributed by atoms with van der Waals surface area (Å²) in [6.07, 6.45) is 0. The van der Waals surface area contributed by atoms with Crippen molar-refractivity contribution in [2.24, 2.45) is 0 Å². The van der Waals surface area contributed by atoms with Crippen LogP contribution in [-0.4, -0.2) is 0 Å². The zero-order valence-electron chi connectivity index (χ0n) is 25.6. The largest absolute Gasteiger partial charge is 0.142 e. The van der Waals surface area contributed by atoms with E-state index >= 15 is 0 Å². The minimum atomic E-state index is 1.23. The summed E-state index contributed by atoms with van der Waals surface area (Å²) >= 11 is 1.87. The molecule has 10 aromatic rings. The number of hydrogen-bond donors (Lipinski definition) is 0. The van der Waals surface area contributed by atoms with Crippen LogP contribution in [-0.2, 0) is 0 Å². The van der Waals surface area contributed by atoms with E-state index in [0.29, 0.717) is 0 Å². The Morgan fingerprint density at radius 2 is 0.872 bits per heavy atom. The van der Waals surface area contributed by atoms with Gasteiger partial charge in [0, 0.05) is 21.0 Å². The third kappa shape index (κ3) is 4.07. The van der Waals surface area contributed by atoms with Crippen molar-refractivity contribution in [1.29, 1.82) is 0 Å². The van der Waals surface area contributed by atoms with E-state index in [2.05, 4.69) is 169 Å². The summed E-state index contributed by atoms with van der Waals surface area (Å²) in [6.45, 7) is 0. The Morgan fingerprint density at radius 1 is 0.298 bits per heavy atom. The van der Waals surface area contributed by atoms with Crippen LogP contribution in [0.15, 0.2) is 169 Å². The standard InChI is InChI=1S/C46H28S/c1-2-10-29(11-3-1)37-21-18-31-13-7-9-17-36(31)44(37)41-23-20-34-26-32-14-4-5-15-33(32)27-42(34)45(41)43-28-47-46-39-22-19-30-12-6-8-16-35(30)38(39)24-25-40(43)46/h1-28H. The van der Waals surface area contributed by atoms with Gasteiger partial charge < -0.3 is 0 Å². The van der Waals surface area contributed by atoms with Gasteiger partial charge in [0.25, 0.3) is 0 Å². The van der Waals surface area contributed by atoms with Gasteiger partial charge in [-0.05, 0) is 93.8 Å². The molecule has 10 rings (SSSR count). The average Bonchev–Trinajstić information content (AvgIpc) is 3.57. The average molecular weight is 613 g/mol. The Bertz CT molecular complexity index is 2840. The van der Waals surface area contributed by atoms with Crippen molar-refractivity contribution >= 4 is 75.3 Å². The van der Waals surface area contributed by atoms with Crippen molar-refractivity contribution in [1.82, 2.24) is 0 Å². The number of benzene rings is 9. The topological polar surface area (TPSA) is 0 Å². The molecule has 0 radical (unpaired) electrons. The molecule has 218 valence electrons. The minimum Gasteiger partial charge on any atom is -0.142 e. The lowest BCUT2D eigenvalue weighted by Gasteiger charge is -2.20. The fraction of sp³-hybridized carbons (Fsp3) is 0. The van der Waals surface area contributed by atoms with Crippen LogP contribution in [0.4, 0.5) is 0 Å². The van der Waals surface area contributed by atoms with Gasteiger partial charge in [0.15, 0.2) is 0 Å². The molecular formula is C46H28S. The molecule has 0 saturated carbocycles.